The maximum atomic E-state index is 12.5. The molecule has 0 fully saturated rings. The Labute approximate surface area is 135 Å². The van der Waals surface area contributed by atoms with E-state index in [1.54, 1.807) is 30.8 Å². The summed E-state index contributed by atoms with van der Waals surface area (Å²) in [6.45, 7) is 5.51. The number of aromatic nitrogens is 2. The van der Waals surface area contributed by atoms with E-state index >= 15 is 0 Å². The third-order valence-electron chi connectivity index (χ3n) is 3.72. The van der Waals surface area contributed by atoms with Gasteiger partial charge >= 0.3 is 0 Å². The van der Waals surface area contributed by atoms with E-state index < -0.39 is 6.04 Å². The zero-order valence-corrected chi connectivity index (χ0v) is 13.8. The number of carbonyl (C=O) groups is 2. The second kappa shape index (κ2) is 6.64. The molecule has 0 aliphatic heterocycles. The molecular formula is C17H21N3O3. The Hall–Kier alpha value is -2.63. The summed E-state index contributed by atoms with van der Waals surface area (Å²) in [5, 5.41) is 13.6. The minimum Gasteiger partial charge on any atom is -0.508 e. The third kappa shape index (κ3) is 3.77. The van der Waals surface area contributed by atoms with Gasteiger partial charge in [0.1, 0.15) is 11.8 Å². The van der Waals surface area contributed by atoms with Gasteiger partial charge in [-0.25, -0.2) is 0 Å². The van der Waals surface area contributed by atoms with E-state index in [0.29, 0.717) is 5.56 Å². The lowest BCUT2D eigenvalue weighted by atomic mass is 10.1. The van der Waals surface area contributed by atoms with Gasteiger partial charge in [-0.15, -0.1) is 0 Å². The van der Waals surface area contributed by atoms with E-state index in [2.05, 4.69) is 5.10 Å². The molecule has 6 nitrogen and oxygen atoms in total. The smallest absolute Gasteiger partial charge is 0.247 e. The number of phenols is 1. The zero-order chi connectivity index (χ0) is 17.1. The van der Waals surface area contributed by atoms with Gasteiger partial charge in [0.15, 0.2) is 5.78 Å². The van der Waals surface area contributed by atoms with Crippen molar-refractivity contribution in [3.63, 3.8) is 0 Å². The molecule has 122 valence electrons. The maximum Gasteiger partial charge on any atom is 0.247 e. The SMILES string of the molecule is Cc1cc(C)n(C(C)C(=O)N(C)CC(=O)c2ccc(O)cc2)n1. The Kier molecular flexibility index (Phi) is 4.83. The second-order valence-electron chi connectivity index (χ2n) is 5.71. The number of carbonyl (C=O) groups excluding carboxylic acids is 2. The summed E-state index contributed by atoms with van der Waals surface area (Å²) in [4.78, 5) is 26.1. The van der Waals surface area contributed by atoms with Crippen LogP contribution in [-0.2, 0) is 4.79 Å². The molecular weight excluding hydrogens is 294 g/mol. The van der Waals surface area contributed by atoms with Gasteiger partial charge in [0.25, 0.3) is 0 Å². The average molecular weight is 315 g/mol. The lowest BCUT2D eigenvalue weighted by Gasteiger charge is -2.22. The molecule has 1 aromatic heterocycles. The molecule has 0 spiro atoms. The molecule has 2 rings (SSSR count). The molecule has 1 atom stereocenters. The minimum atomic E-state index is -0.471. The summed E-state index contributed by atoms with van der Waals surface area (Å²) in [6.07, 6.45) is 0. The lowest BCUT2D eigenvalue weighted by molar-refractivity contribution is -0.132. The normalized spacial score (nSPS) is 12.0. The third-order valence-corrected chi connectivity index (χ3v) is 3.72. The van der Waals surface area contributed by atoms with Crippen LogP contribution in [0.25, 0.3) is 0 Å². The minimum absolute atomic E-state index is 0.0206. The van der Waals surface area contributed by atoms with E-state index in [4.69, 9.17) is 0 Å². The number of hydrogen-bond acceptors (Lipinski definition) is 4. The highest BCUT2D eigenvalue weighted by Crippen LogP contribution is 2.14. The Morgan fingerprint density at radius 2 is 1.87 bits per heavy atom. The Bertz CT molecular complexity index is 719. The summed E-state index contributed by atoms with van der Waals surface area (Å²) in [6, 6.07) is 7.43. The van der Waals surface area contributed by atoms with Crippen LogP contribution < -0.4 is 0 Å². The average Bonchev–Trinajstić information content (AvgIpc) is 2.84. The van der Waals surface area contributed by atoms with Crippen LogP contribution in [0.2, 0.25) is 0 Å². The van der Waals surface area contributed by atoms with Crippen molar-refractivity contribution in [1.29, 1.82) is 0 Å². The number of aryl methyl sites for hydroxylation is 2. The van der Waals surface area contributed by atoms with Crippen molar-refractivity contribution in [1.82, 2.24) is 14.7 Å². The van der Waals surface area contributed by atoms with Crippen molar-refractivity contribution in [2.45, 2.75) is 26.8 Å². The van der Waals surface area contributed by atoms with Crippen molar-refractivity contribution >= 4 is 11.7 Å². The topological polar surface area (TPSA) is 75.4 Å². The van der Waals surface area contributed by atoms with Crippen molar-refractivity contribution in [3.8, 4) is 5.75 Å². The van der Waals surface area contributed by atoms with Gasteiger partial charge in [-0.1, -0.05) is 0 Å². The number of hydrogen-bond donors (Lipinski definition) is 1. The number of rotatable bonds is 5. The fourth-order valence-electron chi connectivity index (χ4n) is 2.49. The number of aromatic hydroxyl groups is 1. The number of phenolic OH excluding ortho intramolecular Hbond substituents is 1. The zero-order valence-electron chi connectivity index (χ0n) is 13.8. The first-order valence-corrected chi connectivity index (χ1v) is 7.39. The van der Waals surface area contributed by atoms with Gasteiger partial charge < -0.3 is 10.0 Å². The van der Waals surface area contributed by atoms with E-state index in [0.717, 1.165) is 11.4 Å². The molecule has 6 heteroatoms. The molecule has 0 aliphatic carbocycles. The fourth-order valence-corrected chi connectivity index (χ4v) is 2.49. The summed E-state index contributed by atoms with van der Waals surface area (Å²) in [7, 11) is 1.60. The van der Waals surface area contributed by atoms with E-state index in [1.807, 2.05) is 19.9 Å². The van der Waals surface area contributed by atoms with Crippen molar-refractivity contribution in [2.24, 2.45) is 0 Å². The largest absolute Gasteiger partial charge is 0.508 e. The number of benzene rings is 1. The molecule has 1 heterocycles. The van der Waals surface area contributed by atoms with Crippen molar-refractivity contribution in [2.75, 3.05) is 13.6 Å². The first-order chi connectivity index (χ1) is 10.8. The molecule has 1 unspecified atom stereocenters. The van der Waals surface area contributed by atoms with E-state index in [1.165, 1.54) is 17.0 Å². The second-order valence-corrected chi connectivity index (χ2v) is 5.71. The maximum absolute atomic E-state index is 12.5. The molecule has 0 aliphatic rings. The van der Waals surface area contributed by atoms with Crippen LogP contribution >= 0.6 is 0 Å². The first-order valence-electron chi connectivity index (χ1n) is 7.39. The highest BCUT2D eigenvalue weighted by atomic mass is 16.3. The highest BCUT2D eigenvalue weighted by molar-refractivity contribution is 5.99. The fraction of sp³-hybridized carbons (Fsp3) is 0.353. The molecule has 0 saturated heterocycles. The van der Waals surface area contributed by atoms with Crippen LogP contribution in [0.15, 0.2) is 30.3 Å². The summed E-state index contributed by atoms with van der Waals surface area (Å²) >= 11 is 0. The molecule has 0 radical (unpaired) electrons. The predicted octanol–water partition coefficient (Wildman–Crippen LogP) is 2.11. The van der Waals surface area contributed by atoms with Crippen LogP contribution in [-0.4, -0.2) is 45.1 Å². The lowest BCUT2D eigenvalue weighted by Crippen LogP contribution is -2.37. The monoisotopic (exact) mass is 315 g/mol. The van der Waals surface area contributed by atoms with Crippen molar-refractivity contribution < 1.29 is 14.7 Å². The van der Waals surface area contributed by atoms with Gasteiger partial charge in [-0.05, 0) is 51.1 Å². The standard InChI is InChI=1S/C17H21N3O3/c1-11-9-12(2)20(18-11)13(3)17(23)19(4)10-16(22)14-5-7-15(21)8-6-14/h5-9,13,21H,10H2,1-4H3. The van der Waals surface area contributed by atoms with Crippen LogP contribution in [0.5, 0.6) is 5.75 Å². The molecule has 23 heavy (non-hydrogen) atoms. The Balaban J connectivity index is 2.06. The van der Waals surface area contributed by atoms with Gasteiger partial charge in [0.05, 0.1) is 12.2 Å². The van der Waals surface area contributed by atoms with Gasteiger partial charge in [-0.3, -0.25) is 14.3 Å². The van der Waals surface area contributed by atoms with Crippen LogP contribution in [0.3, 0.4) is 0 Å². The summed E-state index contributed by atoms with van der Waals surface area (Å²) in [5.41, 5.74) is 2.22. The quantitative estimate of drug-likeness (QED) is 0.857. The van der Waals surface area contributed by atoms with Crippen LogP contribution in [0.4, 0.5) is 0 Å². The van der Waals surface area contributed by atoms with E-state index in [9.17, 15) is 14.7 Å². The number of ketones is 1. The Morgan fingerprint density at radius 3 is 2.39 bits per heavy atom. The number of likely N-dealkylation sites (N-methyl/N-ethyl adjacent to an activating group) is 1. The van der Waals surface area contributed by atoms with Crippen molar-refractivity contribution in [3.05, 3.63) is 47.3 Å². The highest BCUT2D eigenvalue weighted by Gasteiger charge is 2.23. The van der Waals surface area contributed by atoms with E-state index in [-0.39, 0.29) is 24.0 Å². The van der Waals surface area contributed by atoms with Crippen LogP contribution in [0, 0.1) is 13.8 Å². The summed E-state index contributed by atoms with van der Waals surface area (Å²) in [5.74, 6) is -0.256. The number of amides is 1. The molecule has 0 bridgehead atoms. The number of nitrogens with zero attached hydrogens (tertiary/aromatic N) is 3. The summed E-state index contributed by atoms with van der Waals surface area (Å²) < 4.78 is 1.67. The molecule has 1 aromatic carbocycles. The Morgan fingerprint density at radius 1 is 1.26 bits per heavy atom. The predicted molar refractivity (Wildman–Crippen MR) is 86.5 cm³/mol. The first kappa shape index (κ1) is 16.7. The molecule has 0 saturated carbocycles. The molecule has 1 amide bonds. The van der Waals surface area contributed by atoms with Gasteiger partial charge in [-0.2, -0.15) is 5.10 Å². The molecule has 2 aromatic rings. The molecule has 1 N–H and O–H groups in total. The number of Topliss-reactive ketones (excluding diaryl/α,β-unsaturated/α-hetero) is 1. The van der Waals surface area contributed by atoms with Crippen LogP contribution in [0.1, 0.15) is 34.7 Å². The van der Waals surface area contributed by atoms with Gasteiger partial charge in [0.2, 0.25) is 5.91 Å². The van der Waals surface area contributed by atoms with Gasteiger partial charge in [0, 0.05) is 18.3 Å².